The van der Waals surface area contributed by atoms with Gasteiger partial charge in [0.05, 0.1) is 6.04 Å². The summed E-state index contributed by atoms with van der Waals surface area (Å²) in [5.41, 5.74) is 13.0. The Bertz CT molecular complexity index is 1110. The lowest BCUT2D eigenvalue weighted by Gasteiger charge is -2.29. The highest BCUT2D eigenvalue weighted by atomic mass is 16.5. The zero-order valence-corrected chi connectivity index (χ0v) is 19.2. The molecule has 1 heterocycles. The van der Waals surface area contributed by atoms with E-state index in [1.807, 2.05) is 50.2 Å². The molecule has 1 aliphatic carbocycles. The first-order chi connectivity index (χ1) is 16.4. The first-order valence-electron chi connectivity index (χ1n) is 11.4. The molecule has 0 radical (unpaired) electrons. The minimum atomic E-state index is -0.866. The van der Waals surface area contributed by atoms with Gasteiger partial charge in [-0.25, -0.2) is 4.79 Å². The maximum Gasteiger partial charge on any atom is 0.407 e. The lowest BCUT2D eigenvalue weighted by Crippen LogP contribution is -2.53. The SMILES string of the molecule is CC(C)[C@H](NC(=O)OCC1c2ccccc2-c2ccccc21)C(=O)N1CCC[C@H]1C(=O)N=[N+]=[N-]. The van der Waals surface area contributed by atoms with E-state index in [2.05, 4.69) is 27.5 Å². The minimum absolute atomic E-state index is 0.0872. The Balaban J connectivity index is 1.44. The van der Waals surface area contributed by atoms with Gasteiger partial charge in [-0.3, -0.25) is 9.59 Å². The van der Waals surface area contributed by atoms with Crippen LogP contribution >= 0.6 is 0 Å². The summed E-state index contributed by atoms with van der Waals surface area (Å²) in [6.07, 6.45) is 0.365. The third kappa shape index (κ3) is 4.47. The molecule has 1 N–H and O–H groups in total. The number of ether oxygens (including phenoxy) is 1. The number of benzene rings is 2. The number of nitrogens with one attached hydrogen (secondary N) is 1. The summed E-state index contributed by atoms with van der Waals surface area (Å²) in [6, 6.07) is 14.4. The molecule has 0 saturated carbocycles. The Hall–Kier alpha value is -3.84. The molecule has 1 fully saturated rings. The van der Waals surface area contributed by atoms with Gasteiger partial charge in [0, 0.05) is 17.4 Å². The van der Waals surface area contributed by atoms with E-state index < -0.39 is 24.1 Å². The largest absolute Gasteiger partial charge is 0.449 e. The third-order valence-corrected chi connectivity index (χ3v) is 6.51. The second-order valence-electron chi connectivity index (χ2n) is 8.91. The van der Waals surface area contributed by atoms with Gasteiger partial charge < -0.3 is 15.0 Å². The summed E-state index contributed by atoms with van der Waals surface area (Å²) >= 11 is 0. The van der Waals surface area contributed by atoms with Gasteiger partial charge in [-0.1, -0.05) is 62.4 Å². The average molecular weight is 462 g/mol. The highest BCUT2D eigenvalue weighted by Crippen LogP contribution is 2.44. The Morgan fingerprint density at radius 1 is 1.12 bits per heavy atom. The van der Waals surface area contributed by atoms with Crippen LogP contribution in [0.25, 0.3) is 21.6 Å². The summed E-state index contributed by atoms with van der Waals surface area (Å²) in [5, 5.41) is 5.84. The first kappa shape index (κ1) is 23.3. The summed E-state index contributed by atoms with van der Waals surface area (Å²) in [6.45, 7) is 4.13. The number of hydrogen-bond donors (Lipinski definition) is 1. The van der Waals surface area contributed by atoms with Crippen molar-refractivity contribution in [1.82, 2.24) is 10.2 Å². The maximum atomic E-state index is 13.2. The van der Waals surface area contributed by atoms with Gasteiger partial charge in [-0.15, -0.1) is 0 Å². The summed E-state index contributed by atoms with van der Waals surface area (Å²) in [7, 11) is 0. The number of alkyl carbamates (subject to hydrolysis) is 1. The third-order valence-electron chi connectivity index (χ3n) is 6.51. The van der Waals surface area contributed by atoms with Gasteiger partial charge in [-0.05, 0) is 51.7 Å². The van der Waals surface area contributed by atoms with Crippen molar-refractivity contribution in [2.45, 2.75) is 44.7 Å². The number of carbonyl (C=O) groups is 3. The van der Waals surface area contributed by atoms with E-state index in [0.29, 0.717) is 19.4 Å². The summed E-state index contributed by atoms with van der Waals surface area (Å²) in [4.78, 5) is 42.0. The molecule has 2 atom stereocenters. The molecule has 1 aliphatic heterocycles. The highest BCUT2D eigenvalue weighted by Gasteiger charge is 2.38. The fraction of sp³-hybridized carbons (Fsp3) is 0.400. The molecule has 176 valence electrons. The van der Waals surface area contributed by atoms with Crippen LogP contribution in [0.1, 0.15) is 43.7 Å². The molecule has 3 amide bonds. The fourth-order valence-electron chi connectivity index (χ4n) is 4.86. The van der Waals surface area contributed by atoms with Crippen molar-refractivity contribution < 1.29 is 19.1 Å². The van der Waals surface area contributed by atoms with Crippen LogP contribution < -0.4 is 5.32 Å². The van der Waals surface area contributed by atoms with E-state index in [1.54, 1.807) is 0 Å². The van der Waals surface area contributed by atoms with Crippen molar-refractivity contribution >= 4 is 17.9 Å². The summed E-state index contributed by atoms with van der Waals surface area (Å²) in [5.74, 6) is -1.39. The topological polar surface area (TPSA) is 124 Å². The molecule has 1 saturated heterocycles. The maximum absolute atomic E-state index is 13.2. The van der Waals surface area contributed by atoms with Crippen LogP contribution in [-0.4, -0.2) is 48.0 Å². The van der Waals surface area contributed by atoms with Crippen molar-refractivity contribution in [3.05, 3.63) is 70.1 Å². The predicted octanol–water partition coefficient (Wildman–Crippen LogP) is 4.38. The zero-order valence-electron chi connectivity index (χ0n) is 19.2. The standard InChI is InChI=1S/C25H27N5O4/c1-15(2)22(24(32)30-13-7-12-21(30)23(31)28-29-26)27-25(33)34-14-20-18-10-5-3-8-16(18)17-9-4-6-11-19(17)20/h3-6,8-11,15,20-22H,7,12-14H2,1-2H3,(H,27,33)/t21-,22-/m0/s1. The van der Waals surface area contributed by atoms with Gasteiger partial charge in [0.15, 0.2) is 0 Å². The molecule has 34 heavy (non-hydrogen) atoms. The number of nitrogens with zero attached hydrogens (tertiary/aromatic N) is 4. The number of rotatable bonds is 6. The number of fused-ring (bicyclic) bond motifs is 3. The number of amides is 3. The number of carbonyl (C=O) groups excluding carboxylic acids is 3. The van der Waals surface area contributed by atoms with Crippen LogP contribution in [0.15, 0.2) is 53.6 Å². The molecule has 2 aromatic rings. The average Bonchev–Trinajstić information content (AvgIpc) is 3.44. The monoisotopic (exact) mass is 461 g/mol. The van der Waals surface area contributed by atoms with E-state index in [4.69, 9.17) is 10.3 Å². The normalized spacial score (nSPS) is 17.5. The Morgan fingerprint density at radius 2 is 1.74 bits per heavy atom. The molecule has 0 bridgehead atoms. The molecule has 4 rings (SSSR count). The van der Waals surface area contributed by atoms with E-state index in [-0.39, 0.29) is 24.3 Å². The van der Waals surface area contributed by atoms with Gasteiger partial charge in [0.1, 0.15) is 12.6 Å². The minimum Gasteiger partial charge on any atom is -0.449 e. The van der Waals surface area contributed by atoms with Crippen molar-refractivity contribution in [2.24, 2.45) is 11.0 Å². The van der Waals surface area contributed by atoms with Gasteiger partial charge in [-0.2, -0.15) is 0 Å². The molecule has 2 aliphatic rings. The van der Waals surface area contributed by atoms with Crippen molar-refractivity contribution in [1.29, 1.82) is 0 Å². The van der Waals surface area contributed by atoms with E-state index in [0.717, 1.165) is 22.3 Å². The second kappa shape index (κ2) is 9.97. The van der Waals surface area contributed by atoms with Crippen molar-refractivity contribution in [2.75, 3.05) is 13.2 Å². The van der Waals surface area contributed by atoms with E-state index >= 15 is 0 Å². The van der Waals surface area contributed by atoms with Crippen molar-refractivity contribution in [3.63, 3.8) is 0 Å². The van der Waals surface area contributed by atoms with Crippen LogP contribution in [-0.2, 0) is 14.3 Å². The predicted molar refractivity (Wildman–Crippen MR) is 126 cm³/mol. The zero-order chi connectivity index (χ0) is 24.2. The number of azide groups is 1. The number of likely N-dealkylation sites (tertiary alicyclic amines) is 1. The summed E-state index contributed by atoms with van der Waals surface area (Å²) < 4.78 is 5.59. The quantitative estimate of drug-likeness (QED) is 0.389. The molecule has 9 heteroatoms. The van der Waals surface area contributed by atoms with E-state index in [1.165, 1.54) is 4.90 Å². The lowest BCUT2D eigenvalue weighted by atomic mass is 9.98. The van der Waals surface area contributed by atoms with Crippen LogP contribution in [0.4, 0.5) is 4.79 Å². The molecular weight excluding hydrogens is 434 g/mol. The fourth-order valence-corrected chi connectivity index (χ4v) is 4.86. The van der Waals surface area contributed by atoms with Crippen molar-refractivity contribution in [3.8, 4) is 11.1 Å². The van der Waals surface area contributed by atoms with Gasteiger partial charge in [0.2, 0.25) is 11.8 Å². The van der Waals surface area contributed by atoms with E-state index in [9.17, 15) is 14.4 Å². The number of hydrogen-bond acceptors (Lipinski definition) is 4. The Kier molecular flexibility index (Phi) is 6.84. The van der Waals surface area contributed by atoms with Gasteiger partial charge >= 0.3 is 6.09 Å². The molecule has 0 spiro atoms. The lowest BCUT2D eigenvalue weighted by molar-refractivity contribution is -0.139. The first-order valence-corrected chi connectivity index (χ1v) is 11.4. The second-order valence-corrected chi connectivity index (χ2v) is 8.91. The Morgan fingerprint density at radius 3 is 2.32 bits per heavy atom. The smallest absolute Gasteiger partial charge is 0.407 e. The van der Waals surface area contributed by atoms with Crippen LogP contribution in [0.3, 0.4) is 0 Å². The van der Waals surface area contributed by atoms with Crippen LogP contribution in [0.5, 0.6) is 0 Å². The molecular formula is C25H27N5O4. The van der Waals surface area contributed by atoms with Crippen LogP contribution in [0.2, 0.25) is 0 Å². The van der Waals surface area contributed by atoms with Gasteiger partial charge in [0.25, 0.3) is 0 Å². The molecule has 2 aromatic carbocycles. The van der Waals surface area contributed by atoms with Crippen LogP contribution in [0, 0.1) is 5.92 Å². The highest BCUT2D eigenvalue weighted by molar-refractivity contribution is 5.92. The molecule has 0 unspecified atom stereocenters. The Labute approximate surface area is 197 Å². The molecule has 0 aromatic heterocycles. The molecule has 9 nitrogen and oxygen atoms in total.